The standard InChI is InChI=1S/C20H31N5O2/c1-22-13-14-25(15-19(22)26)16-20(27)23(2)18-7-11-24(12-8-18)10-6-17-5-3-4-9-21-17/h3-5,9,18H,6-8,10-16H2,1-2H3. The van der Waals surface area contributed by atoms with E-state index in [0.29, 0.717) is 25.7 Å². The number of piperidine rings is 1. The fourth-order valence-electron chi connectivity index (χ4n) is 3.80. The molecule has 0 bridgehead atoms. The molecule has 3 rings (SSSR count). The number of aromatic nitrogens is 1. The van der Waals surface area contributed by atoms with Crippen LogP contribution in [0.5, 0.6) is 0 Å². The van der Waals surface area contributed by atoms with Gasteiger partial charge < -0.3 is 14.7 Å². The Morgan fingerprint density at radius 3 is 2.63 bits per heavy atom. The maximum Gasteiger partial charge on any atom is 0.236 e. The molecule has 0 aliphatic carbocycles. The molecule has 0 atom stereocenters. The Bertz CT molecular complexity index is 631. The Labute approximate surface area is 161 Å². The summed E-state index contributed by atoms with van der Waals surface area (Å²) in [5, 5.41) is 0. The van der Waals surface area contributed by atoms with E-state index < -0.39 is 0 Å². The van der Waals surface area contributed by atoms with Crippen LogP contribution in [0.25, 0.3) is 0 Å². The summed E-state index contributed by atoms with van der Waals surface area (Å²) in [6.45, 7) is 5.21. The van der Waals surface area contributed by atoms with E-state index in [1.807, 2.05) is 42.2 Å². The fraction of sp³-hybridized carbons (Fsp3) is 0.650. The van der Waals surface area contributed by atoms with Crippen molar-refractivity contribution >= 4 is 11.8 Å². The van der Waals surface area contributed by atoms with Crippen molar-refractivity contribution in [1.29, 1.82) is 0 Å². The molecule has 2 saturated heterocycles. The maximum atomic E-state index is 12.6. The Hall–Kier alpha value is -1.99. The summed E-state index contributed by atoms with van der Waals surface area (Å²) in [6, 6.07) is 6.34. The highest BCUT2D eigenvalue weighted by molar-refractivity contribution is 5.81. The average Bonchev–Trinajstić information content (AvgIpc) is 2.70. The van der Waals surface area contributed by atoms with Gasteiger partial charge in [-0.25, -0.2) is 0 Å². The molecule has 148 valence electrons. The van der Waals surface area contributed by atoms with Crippen molar-refractivity contribution < 1.29 is 9.59 Å². The molecule has 0 N–H and O–H groups in total. The second kappa shape index (κ2) is 9.28. The monoisotopic (exact) mass is 373 g/mol. The minimum absolute atomic E-state index is 0.0953. The molecule has 1 aromatic heterocycles. The lowest BCUT2D eigenvalue weighted by molar-refractivity contribution is -0.139. The van der Waals surface area contributed by atoms with Crippen molar-refractivity contribution in [2.75, 3.05) is 59.9 Å². The van der Waals surface area contributed by atoms with Crippen LogP contribution in [-0.4, -0.2) is 102 Å². The highest BCUT2D eigenvalue weighted by atomic mass is 16.2. The first-order valence-electron chi connectivity index (χ1n) is 9.87. The topological polar surface area (TPSA) is 60.0 Å². The van der Waals surface area contributed by atoms with Crippen molar-refractivity contribution in [3.8, 4) is 0 Å². The highest BCUT2D eigenvalue weighted by Crippen LogP contribution is 2.16. The van der Waals surface area contributed by atoms with Gasteiger partial charge in [0, 0.05) is 71.2 Å². The van der Waals surface area contributed by atoms with E-state index in [9.17, 15) is 9.59 Å². The number of likely N-dealkylation sites (N-methyl/N-ethyl adjacent to an activating group) is 2. The van der Waals surface area contributed by atoms with Crippen LogP contribution in [0.4, 0.5) is 0 Å². The molecule has 0 radical (unpaired) electrons. The van der Waals surface area contributed by atoms with Crippen LogP contribution in [0.2, 0.25) is 0 Å². The number of hydrogen-bond acceptors (Lipinski definition) is 5. The first-order chi connectivity index (χ1) is 13.0. The third-order valence-electron chi connectivity index (χ3n) is 5.80. The van der Waals surface area contributed by atoms with E-state index in [4.69, 9.17) is 0 Å². The van der Waals surface area contributed by atoms with Crippen LogP contribution >= 0.6 is 0 Å². The number of likely N-dealkylation sites (tertiary alicyclic amines) is 1. The summed E-state index contributed by atoms with van der Waals surface area (Å²) >= 11 is 0. The largest absolute Gasteiger partial charge is 0.343 e. The molecule has 0 aromatic carbocycles. The van der Waals surface area contributed by atoms with Crippen molar-refractivity contribution in [3.05, 3.63) is 30.1 Å². The van der Waals surface area contributed by atoms with Gasteiger partial charge in [0.2, 0.25) is 11.8 Å². The maximum absolute atomic E-state index is 12.6. The number of hydrogen-bond donors (Lipinski definition) is 0. The number of carbonyl (C=O) groups excluding carboxylic acids is 2. The zero-order chi connectivity index (χ0) is 19.2. The van der Waals surface area contributed by atoms with Crippen molar-refractivity contribution in [3.63, 3.8) is 0 Å². The van der Waals surface area contributed by atoms with Gasteiger partial charge in [0.05, 0.1) is 13.1 Å². The first kappa shape index (κ1) is 19.8. The zero-order valence-electron chi connectivity index (χ0n) is 16.5. The molecule has 2 aliphatic rings. The molecule has 0 spiro atoms. The van der Waals surface area contributed by atoms with E-state index >= 15 is 0 Å². The van der Waals surface area contributed by atoms with Gasteiger partial charge in [-0.05, 0) is 25.0 Å². The second-order valence-corrected chi connectivity index (χ2v) is 7.67. The van der Waals surface area contributed by atoms with E-state index in [1.165, 1.54) is 0 Å². The molecule has 0 unspecified atom stereocenters. The predicted octanol–water partition coefficient (Wildman–Crippen LogP) is 0.321. The van der Waals surface area contributed by atoms with Crippen LogP contribution in [0, 0.1) is 0 Å². The third kappa shape index (κ3) is 5.49. The van der Waals surface area contributed by atoms with Crippen molar-refractivity contribution in [2.45, 2.75) is 25.3 Å². The lowest BCUT2D eigenvalue weighted by Crippen LogP contribution is -2.53. The molecule has 3 heterocycles. The molecule has 1 aromatic rings. The quantitative estimate of drug-likeness (QED) is 0.719. The van der Waals surface area contributed by atoms with E-state index in [1.54, 1.807) is 4.90 Å². The number of amides is 2. The number of carbonyl (C=O) groups is 2. The van der Waals surface area contributed by atoms with Gasteiger partial charge >= 0.3 is 0 Å². The fourth-order valence-corrected chi connectivity index (χ4v) is 3.80. The van der Waals surface area contributed by atoms with Crippen LogP contribution in [-0.2, 0) is 16.0 Å². The number of nitrogens with zero attached hydrogens (tertiary/aromatic N) is 5. The number of piperazine rings is 1. The predicted molar refractivity (Wildman–Crippen MR) is 104 cm³/mol. The van der Waals surface area contributed by atoms with Crippen LogP contribution in [0.1, 0.15) is 18.5 Å². The Kier molecular flexibility index (Phi) is 6.79. The summed E-state index contributed by atoms with van der Waals surface area (Å²) in [6.07, 6.45) is 4.83. The van der Waals surface area contributed by atoms with Gasteiger partial charge in [-0.15, -0.1) is 0 Å². The van der Waals surface area contributed by atoms with Gasteiger partial charge in [0.25, 0.3) is 0 Å². The molecule has 0 saturated carbocycles. The lowest BCUT2D eigenvalue weighted by Gasteiger charge is -2.38. The summed E-state index contributed by atoms with van der Waals surface area (Å²) in [5.74, 6) is 0.220. The molecular weight excluding hydrogens is 342 g/mol. The number of pyridine rings is 1. The molecule has 7 nitrogen and oxygen atoms in total. The molecule has 2 fully saturated rings. The average molecular weight is 374 g/mol. The van der Waals surface area contributed by atoms with E-state index in [0.717, 1.165) is 51.1 Å². The van der Waals surface area contributed by atoms with Crippen LogP contribution < -0.4 is 0 Å². The molecule has 2 amide bonds. The summed E-state index contributed by atoms with van der Waals surface area (Å²) in [4.78, 5) is 36.9. The molecule has 7 heteroatoms. The molecule has 27 heavy (non-hydrogen) atoms. The smallest absolute Gasteiger partial charge is 0.236 e. The van der Waals surface area contributed by atoms with E-state index in [-0.39, 0.29) is 11.8 Å². The summed E-state index contributed by atoms with van der Waals surface area (Å²) in [7, 11) is 3.73. The summed E-state index contributed by atoms with van der Waals surface area (Å²) < 4.78 is 0. The Balaban J connectivity index is 1.39. The normalized spacial score (nSPS) is 20.1. The van der Waals surface area contributed by atoms with Gasteiger partial charge in [0.15, 0.2) is 0 Å². The van der Waals surface area contributed by atoms with Crippen molar-refractivity contribution in [2.24, 2.45) is 0 Å². The third-order valence-corrected chi connectivity index (χ3v) is 5.80. The number of rotatable bonds is 6. The van der Waals surface area contributed by atoms with Gasteiger partial charge in [0.1, 0.15) is 0 Å². The van der Waals surface area contributed by atoms with E-state index in [2.05, 4.69) is 16.0 Å². The van der Waals surface area contributed by atoms with Gasteiger partial charge in [-0.3, -0.25) is 19.5 Å². The lowest BCUT2D eigenvalue weighted by atomic mass is 10.0. The van der Waals surface area contributed by atoms with Crippen LogP contribution in [0.15, 0.2) is 24.4 Å². The highest BCUT2D eigenvalue weighted by Gasteiger charge is 2.28. The molecule has 2 aliphatic heterocycles. The Morgan fingerprint density at radius 2 is 1.96 bits per heavy atom. The van der Waals surface area contributed by atoms with Gasteiger partial charge in [-0.1, -0.05) is 6.07 Å². The Morgan fingerprint density at radius 1 is 1.19 bits per heavy atom. The molecular formula is C20H31N5O2. The SMILES string of the molecule is CN1CCN(CC(=O)N(C)C2CCN(CCc3ccccn3)CC2)CC1=O. The minimum Gasteiger partial charge on any atom is -0.343 e. The van der Waals surface area contributed by atoms with Crippen LogP contribution in [0.3, 0.4) is 0 Å². The first-order valence-corrected chi connectivity index (χ1v) is 9.87. The second-order valence-electron chi connectivity index (χ2n) is 7.67. The van der Waals surface area contributed by atoms with Crippen molar-refractivity contribution in [1.82, 2.24) is 24.6 Å². The zero-order valence-corrected chi connectivity index (χ0v) is 16.5. The van der Waals surface area contributed by atoms with Gasteiger partial charge in [-0.2, -0.15) is 0 Å². The minimum atomic E-state index is 0.0953. The summed E-state index contributed by atoms with van der Waals surface area (Å²) in [5.41, 5.74) is 1.13.